The number of methoxy groups -OCH3 is 1. The molecule has 0 rings (SSSR count). The van der Waals surface area contributed by atoms with E-state index in [1.54, 1.807) is 0 Å². The van der Waals surface area contributed by atoms with Gasteiger partial charge in [0.25, 0.3) is 0 Å². The first-order valence-electron chi connectivity index (χ1n) is 3.94. The van der Waals surface area contributed by atoms with Crippen LogP contribution < -0.4 is 0 Å². The van der Waals surface area contributed by atoms with Crippen molar-refractivity contribution in [1.82, 2.24) is 0 Å². The molecule has 0 aromatic carbocycles. The number of hydrogen-bond donors (Lipinski definition) is 0. The summed E-state index contributed by atoms with van der Waals surface area (Å²) < 4.78 is 25.5. The molecule has 78 valence electrons. The Morgan fingerprint density at radius 3 is 2.38 bits per heavy atom. The molecule has 0 radical (unpaired) electrons. The quantitative estimate of drug-likeness (QED) is 0.490. The van der Waals surface area contributed by atoms with Gasteiger partial charge in [-0.15, -0.1) is 0 Å². The highest BCUT2D eigenvalue weighted by Crippen LogP contribution is 2.47. The molecule has 0 aromatic rings. The van der Waals surface area contributed by atoms with Crippen LogP contribution in [0.2, 0.25) is 0 Å². The van der Waals surface area contributed by atoms with E-state index in [-0.39, 0.29) is 6.16 Å². The second-order valence-electron chi connectivity index (χ2n) is 2.36. The molecule has 5 nitrogen and oxygen atoms in total. The van der Waals surface area contributed by atoms with Crippen LogP contribution in [-0.2, 0) is 23.1 Å². The topological polar surface area (TPSA) is 61.8 Å². The van der Waals surface area contributed by atoms with Crippen LogP contribution in [0.15, 0.2) is 0 Å². The van der Waals surface area contributed by atoms with Gasteiger partial charge < -0.3 is 13.8 Å². The molecular weight excluding hydrogens is 195 g/mol. The van der Waals surface area contributed by atoms with Crippen LogP contribution in [0.1, 0.15) is 13.3 Å². The van der Waals surface area contributed by atoms with Crippen LogP contribution >= 0.6 is 7.60 Å². The van der Waals surface area contributed by atoms with Crippen molar-refractivity contribution in [3.05, 3.63) is 0 Å². The molecule has 0 spiro atoms. The highest BCUT2D eigenvalue weighted by atomic mass is 31.2. The maximum absolute atomic E-state index is 11.6. The number of hydrogen-bond acceptors (Lipinski definition) is 5. The monoisotopic (exact) mass is 210 g/mol. The van der Waals surface area contributed by atoms with E-state index in [9.17, 15) is 9.36 Å². The Hall–Kier alpha value is -0.380. The van der Waals surface area contributed by atoms with Gasteiger partial charge in [0.15, 0.2) is 0 Å². The second kappa shape index (κ2) is 6.13. The zero-order chi connectivity index (χ0) is 10.3. The summed E-state index contributed by atoms with van der Waals surface area (Å²) >= 11 is 0. The smallest absolute Gasteiger partial charge is 0.341 e. The van der Waals surface area contributed by atoms with E-state index in [0.717, 1.165) is 0 Å². The van der Waals surface area contributed by atoms with Gasteiger partial charge in [0, 0.05) is 7.11 Å². The lowest BCUT2D eigenvalue weighted by molar-refractivity contribution is -0.137. The molecule has 0 bridgehead atoms. The fraction of sp³-hybridized carbons (Fsp3) is 0.857. The van der Waals surface area contributed by atoms with Crippen LogP contribution in [0.5, 0.6) is 0 Å². The van der Waals surface area contributed by atoms with Crippen molar-refractivity contribution in [2.45, 2.75) is 13.3 Å². The highest BCUT2D eigenvalue weighted by molar-refractivity contribution is 7.54. The zero-order valence-corrected chi connectivity index (χ0v) is 9.00. The van der Waals surface area contributed by atoms with Crippen LogP contribution in [-0.4, -0.2) is 33.0 Å². The number of carbonyl (C=O) groups excluding carboxylic acids is 1. The molecule has 1 unspecified atom stereocenters. The molecule has 0 aliphatic rings. The summed E-state index contributed by atoms with van der Waals surface area (Å²) in [6, 6.07) is 0. The van der Waals surface area contributed by atoms with Gasteiger partial charge in [-0.1, -0.05) is 6.92 Å². The predicted molar refractivity (Wildman–Crippen MR) is 47.7 cm³/mol. The Kier molecular flexibility index (Phi) is 5.95. The number of esters is 1. The summed E-state index contributed by atoms with van der Waals surface area (Å²) in [5, 5.41) is 0. The van der Waals surface area contributed by atoms with Crippen molar-refractivity contribution in [3.63, 3.8) is 0 Å². The van der Waals surface area contributed by atoms with Crippen LogP contribution in [0.3, 0.4) is 0 Å². The molecule has 0 aliphatic heterocycles. The molecule has 0 aliphatic carbocycles. The molecule has 13 heavy (non-hydrogen) atoms. The van der Waals surface area contributed by atoms with Crippen LogP contribution in [0.4, 0.5) is 0 Å². The van der Waals surface area contributed by atoms with E-state index < -0.39 is 13.6 Å². The molecule has 1 atom stereocenters. The lowest BCUT2D eigenvalue weighted by atomic mass is 10.5. The lowest BCUT2D eigenvalue weighted by Crippen LogP contribution is -2.10. The van der Waals surface area contributed by atoms with Crippen LogP contribution in [0, 0.1) is 0 Å². The summed E-state index contributed by atoms with van der Waals surface area (Å²) in [5.41, 5.74) is 0. The Bertz CT molecular complexity index is 203. The van der Waals surface area contributed by atoms with Gasteiger partial charge in [0.05, 0.1) is 13.7 Å². The van der Waals surface area contributed by atoms with Crippen molar-refractivity contribution < 1.29 is 23.1 Å². The molecule has 0 amide bonds. The van der Waals surface area contributed by atoms with Gasteiger partial charge in [-0.05, 0) is 6.42 Å². The van der Waals surface area contributed by atoms with Gasteiger partial charge >= 0.3 is 13.6 Å². The highest BCUT2D eigenvalue weighted by Gasteiger charge is 2.27. The molecule has 0 saturated heterocycles. The van der Waals surface area contributed by atoms with Crippen molar-refractivity contribution in [2.24, 2.45) is 0 Å². The average Bonchev–Trinajstić information content (AvgIpc) is 2.14. The average molecular weight is 210 g/mol. The van der Waals surface area contributed by atoms with Crippen molar-refractivity contribution in [3.8, 4) is 0 Å². The van der Waals surface area contributed by atoms with Crippen LogP contribution in [0.25, 0.3) is 0 Å². The van der Waals surface area contributed by atoms with E-state index in [4.69, 9.17) is 4.52 Å². The van der Waals surface area contributed by atoms with E-state index in [0.29, 0.717) is 13.0 Å². The van der Waals surface area contributed by atoms with E-state index in [2.05, 4.69) is 9.26 Å². The van der Waals surface area contributed by atoms with Gasteiger partial charge in [-0.25, -0.2) is 0 Å². The maximum atomic E-state index is 11.6. The summed E-state index contributed by atoms with van der Waals surface area (Å²) in [4.78, 5) is 10.8. The fourth-order valence-electron chi connectivity index (χ4n) is 0.616. The lowest BCUT2D eigenvalue weighted by Gasteiger charge is -2.14. The molecule has 6 heteroatoms. The summed E-state index contributed by atoms with van der Waals surface area (Å²) in [7, 11) is -0.790. The Morgan fingerprint density at radius 2 is 2.00 bits per heavy atom. The summed E-state index contributed by atoms with van der Waals surface area (Å²) in [6.07, 6.45) is 0.383. The molecule has 0 heterocycles. The number of carbonyl (C=O) groups is 1. The van der Waals surface area contributed by atoms with E-state index in [1.807, 2.05) is 6.92 Å². The minimum absolute atomic E-state index is 0.308. The minimum Gasteiger partial charge on any atom is -0.469 e. The molecular formula is C7H15O5P. The Morgan fingerprint density at radius 1 is 1.38 bits per heavy atom. The van der Waals surface area contributed by atoms with Gasteiger partial charge in [-0.3, -0.25) is 9.36 Å². The zero-order valence-electron chi connectivity index (χ0n) is 8.11. The SMILES string of the molecule is CCCOP(=O)(CC(=O)OC)OC. The largest absolute Gasteiger partial charge is 0.469 e. The Labute approximate surface area is 77.9 Å². The first kappa shape index (κ1) is 12.6. The number of ether oxygens (including phenoxy) is 1. The van der Waals surface area contributed by atoms with Gasteiger partial charge in [0.2, 0.25) is 0 Å². The predicted octanol–water partition coefficient (Wildman–Crippen LogP) is 1.43. The molecule has 0 fully saturated rings. The first-order chi connectivity index (χ1) is 6.08. The molecule has 0 saturated carbocycles. The van der Waals surface area contributed by atoms with Gasteiger partial charge in [-0.2, -0.15) is 0 Å². The van der Waals surface area contributed by atoms with E-state index >= 15 is 0 Å². The Balaban J connectivity index is 4.11. The molecule has 0 N–H and O–H groups in total. The third-order valence-electron chi connectivity index (χ3n) is 1.32. The number of rotatable bonds is 6. The standard InChI is InChI=1S/C7H15O5P/c1-4-5-12-13(9,11-3)6-7(8)10-2/h4-6H2,1-3H3. The van der Waals surface area contributed by atoms with E-state index in [1.165, 1.54) is 14.2 Å². The fourth-order valence-corrected chi connectivity index (χ4v) is 1.85. The third-order valence-corrected chi connectivity index (χ3v) is 3.10. The second-order valence-corrected chi connectivity index (χ2v) is 4.52. The minimum atomic E-state index is -3.26. The van der Waals surface area contributed by atoms with Crippen molar-refractivity contribution in [1.29, 1.82) is 0 Å². The third kappa shape index (κ3) is 5.03. The summed E-state index contributed by atoms with van der Waals surface area (Å²) in [5.74, 6) is -0.596. The summed E-state index contributed by atoms with van der Waals surface area (Å²) in [6.45, 7) is 2.18. The normalized spacial score (nSPS) is 15.0. The first-order valence-corrected chi connectivity index (χ1v) is 5.67. The molecule has 0 aromatic heterocycles. The van der Waals surface area contributed by atoms with Crippen molar-refractivity contribution in [2.75, 3.05) is 27.0 Å². The van der Waals surface area contributed by atoms with Gasteiger partial charge in [0.1, 0.15) is 6.16 Å². The van der Waals surface area contributed by atoms with Crippen molar-refractivity contribution >= 4 is 13.6 Å². The maximum Gasteiger partial charge on any atom is 0.341 e.